The molecule has 3 N–H and O–H groups in total. The molecule has 15 heteroatoms. The highest BCUT2D eigenvalue weighted by Gasteiger charge is 2.47. The van der Waals surface area contributed by atoms with Crippen molar-refractivity contribution >= 4 is 46.2 Å². The number of anilines is 2. The Morgan fingerprint density at radius 3 is 2.12 bits per heavy atom. The molecule has 0 bridgehead atoms. The maximum Gasteiger partial charge on any atom is 0.264 e. The zero-order valence-electron chi connectivity index (χ0n) is 32.0. The number of hydrogen-bond acceptors (Lipinski definition) is 12. The molecular weight excluding hydrogens is 737 g/mol. The Hall–Kier alpha value is -6.19. The number of hydrogen-bond donors (Lipinski definition) is 2. The van der Waals surface area contributed by atoms with Crippen molar-refractivity contribution < 1.29 is 23.9 Å². The quantitative estimate of drug-likeness (QED) is 0.215. The maximum atomic E-state index is 13.6. The Kier molecular flexibility index (Phi) is 9.13. The zero-order chi connectivity index (χ0) is 39.5. The fourth-order valence-corrected chi connectivity index (χ4v) is 9.51. The van der Waals surface area contributed by atoms with Crippen LogP contribution >= 0.6 is 0 Å². The number of likely N-dealkylation sites (tertiary alicyclic amines) is 2. The van der Waals surface area contributed by atoms with Crippen molar-refractivity contribution in [2.75, 3.05) is 49.9 Å². The van der Waals surface area contributed by atoms with Crippen LogP contribution in [-0.2, 0) is 9.59 Å². The van der Waals surface area contributed by atoms with Gasteiger partial charge in [0.1, 0.15) is 35.4 Å². The molecule has 0 aliphatic carbocycles. The Morgan fingerprint density at radius 2 is 1.40 bits per heavy atom. The number of nitrogens with zero attached hydrogens (tertiary/aromatic N) is 8. The molecule has 7 heterocycles. The summed E-state index contributed by atoms with van der Waals surface area (Å²) in [5.41, 5.74) is 10.3. The number of benzene rings is 3. The topological polar surface area (TPSA) is 172 Å². The molecule has 58 heavy (non-hydrogen) atoms. The lowest BCUT2D eigenvalue weighted by molar-refractivity contribution is -0.136. The molecule has 5 aliphatic heterocycles. The van der Waals surface area contributed by atoms with Crippen LogP contribution in [0.25, 0.3) is 22.3 Å². The van der Waals surface area contributed by atoms with Crippen LogP contribution in [0.4, 0.5) is 11.5 Å². The van der Waals surface area contributed by atoms with Gasteiger partial charge in [-0.05, 0) is 80.6 Å². The van der Waals surface area contributed by atoms with E-state index >= 15 is 0 Å². The average molecular weight is 781 g/mol. The van der Waals surface area contributed by atoms with Crippen molar-refractivity contribution in [3.63, 3.8) is 0 Å². The van der Waals surface area contributed by atoms with Crippen LogP contribution in [0.2, 0.25) is 0 Å². The summed E-state index contributed by atoms with van der Waals surface area (Å²) in [7, 11) is 0. The molecule has 5 aromatic rings. The first-order valence-electron chi connectivity index (χ1n) is 20.2. The van der Waals surface area contributed by atoms with Crippen LogP contribution in [-0.4, -0.2) is 115 Å². The number of fused-ring (bicyclic) bond motifs is 2. The fourth-order valence-electron chi connectivity index (χ4n) is 9.51. The summed E-state index contributed by atoms with van der Waals surface area (Å²) in [5.74, 6) is 0.0164. The van der Waals surface area contributed by atoms with E-state index in [-0.39, 0.29) is 24.8 Å². The maximum absolute atomic E-state index is 13.6. The number of amides is 4. The van der Waals surface area contributed by atoms with Gasteiger partial charge in [-0.25, -0.2) is 14.6 Å². The van der Waals surface area contributed by atoms with E-state index in [0.717, 1.165) is 109 Å². The number of rotatable bonds is 8. The molecule has 0 saturated carbocycles. The molecule has 0 spiro atoms. The van der Waals surface area contributed by atoms with Crippen molar-refractivity contribution in [1.29, 1.82) is 0 Å². The predicted molar refractivity (Wildman–Crippen MR) is 215 cm³/mol. The summed E-state index contributed by atoms with van der Waals surface area (Å²) in [6.07, 6.45) is 5.87. The normalized spacial score (nSPS) is 21.4. The van der Waals surface area contributed by atoms with Gasteiger partial charge >= 0.3 is 0 Å². The molecule has 10 rings (SSSR count). The third-order valence-electron chi connectivity index (χ3n) is 12.7. The van der Waals surface area contributed by atoms with Gasteiger partial charge in [0.25, 0.3) is 11.8 Å². The van der Waals surface area contributed by atoms with E-state index in [2.05, 4.69) is 34.7 Å². The summed E-state index contributed by atoms with van der Waals surface area (Å²) in [6.45, 7) is 5.52. The first-order valence-corrected chi connectivity index (χ1v) is 20.2. The van der Waals surface area contributed by atoms with Gasteiger partial charge in [0, 0.05) is 63.3 Å². The number of nitrogen functional groups attached to an aromatic ring is 1. The molecule has 4 saturated heterocycles. The molecule has 4 fully saturated rings. The average Bonchev–Trinajstić information content (AvgIpc) is 3.74. The van der Waals surface area contributed by atoms with E-state index in [1.54, 1.807) is 12.1 Å². The smallest absolute Gasteiger partial charge is 0.264 e. The van der Waals surface area contributed by atoms with Gasteiger partial charge in [0.2, 0.25) is 11.8 Å². The standard InChI is InChI=1S/C43H44N10O5/c44-39-37-38(26-9-11-31(12-10-26)58-30-5-2-1-3-6-30)48-53(40(37)46-25-45-39)28-17-21-49(22-18-28)27-15-19-50(20-16-27)29-23-51(24-29)33-8-4-7-32-36(33)43(57)52(42(32)56)34-13-14-35(54)47-41(34)55/h1-12,25,27-29,34H,13-24H2,(H2,44,45,46)(H,47,54,55). The fraction of sp³-hybridized carbons (Fsp3) is 0.372. The van der Waals surface area contributed by atoms with E-state index in [1.165, 1.54) is 6.33 Å². The molecule has 3 aromatic carbocycles. The van der Waals surface area contributed by atoms with Crippen LogP contribution in [0.5, 0.6) is 11.5 Å². The van der Waals surface area contributed by atoms with Gasteiger partial charge in [-0.2, -0.15) is 5.10 Å². The number of nitrogens with one attached hydrogen (secondary N) is 1. The number of ether oxygens (including phenoxy) is 1. The largest absolute Gasteiger partial charge is 0.457 e. The van der Waals surface area contributed by atoms with Crippen molar-refractivity contribution in [2.45, 2.75) is 62.7 Å². The minimum Gasteiger partial charge on any atom is -0.457 e. The zero-order valence-corrected chi connectivity index (χ0v) is 32.0. The van der Waals surface area contributed by atoms with E-state index in [0.29, 0.717) is 29.0 Å². The molecule has 0 radical (unpaired) electrons. The third kappa shape index (κ3) is 6.34. The molecule has 5 aliphatic rings. The van der Waals surface area contributed by atoms with Crippen LogP contribution < -0.4 is 20.7 Å². The molecule has 296 valence electrons. The molecule has 15 nitrogen and oxygen atoms in total. The molecular formula is C43H44N10O5. The van der Waals surface area contributed by atoms with Crippen LogP contribution in [0, 0.1) is 0 Å². The minimum absolute atomic E-state index is 0.0954. The van der Waals surface area contributed by atoms with E-state index in [1.807, 2.05) is 60.7 Å². The monoisotopic (exact) mass is 780 g/mol. The van der Waals surface area contributed by atoms with Crippen molar-refractivity contribution in [3.8, 4) is 22.8 Å². The van der Waals surface area contributed by atoms with E-state index in [4.69, 9.17) is 15.6 Å². The second kappa shape index (κ2) is 14.6. The number of piperidine rings is 3. The Morgan fingerprint density at radius 1 is 0.707 bits per heavy atom. The Bertz CT molecular complexity index is 2420. The SMILES string of the molecule is Nc1ncnc2c1c(-c1ccc(Oc3ccccc3)cc1)nn2C1CCN(C2CCN(C3CN(c4cccc5c4C(=O)N(C4CCC(=O)NC4=O)C5=O)C3)CC2)CC1. The molecule has 1 atom stereocenters. The van der Waals surface area contributed by atoms with Gasteiger partial charge in [0.15, 0.2) is 5.65 Å². The summed E-state index contributed by atoms with van der Waals surface area (Å²) in [5, 5.41) is 8.17. The van der Waals surface area contributed by atoms with Crippen molar-refractivity contribution in [3.05, 3.63) is 90.3 Å². The highest BCUT2D eigenvalue weighted by Crippen LogP contribution is 2.39. The van der Waals surface area contributed by atoms with Crippen LogP contribution in [0.1, 0.15) is 65.3 Å². The van der Waals surface area contributed by atoms with Gasteiger partial charge < -0.3 is 20.3 Å². The lowest BCUT2D eigenvalue weighted by Crippen LogP contribution is -2.62. The molecule has 4 amide bonds. The highest BCUT2D eigenvalue weighted by molar-refractivity contribution is 6.25. The first kappa shape index (κ1) is 36.2. The minimum atomic E-state index is -0.975. The predicted octanol–water partition coefficient (Wildman–Crippen LogP) is 4.26. The third-order valence-corrected chi connectivity index (χ3v) is 12.7. The number of carbonyl (C=O) groups is 4. The highest BCUT2D eigenvalue weighted by atomic mass is 16.5. The summed E-state index contributed by atoms with van der Waals surface area (Å²) in [4.78, 5) is 68.6. The number of aromatic nitrogens is 4. The molecule has 1 unspecified atom stereocenters. The Labute approximate surface area is 334 Å². The van der Waals surface area contributed by atoms with Gasteiger partial charge in [0.05, 0.1) is 28.2 Å². The van der Waals surface area contributed by atoms with E-state index in [9.17, 15) is 19.2 Å². The van der Waals surface area contributed by atoms with Crippen LogP contribution in [0.15, 0.2) is 79.1 Å². The number of carbonyl (C=O) groups excluding carboxylic acids is 4. The number of nitrogens with two attached hydrogens (primary N) is 1. The summed E-state index contributed by atoms with van der Waals surface area (Å²) in [6, 6.07) is 23.0. The summed E-state index contributed by atoms with van der Waals surface area (Å²) < 4.78 is 8.08. The van der Waals surface area contributed by atoms with Crippen molar-refractivity contribution in [1.82, 2.24) is 39.8 Å². The first-order chi connectivity index (χ1) is 28.3. The second-order valence-corrected chi connectivity index (χ2v) is 15.9. The lowest BCUT2D eigenvalue weighted by atomic mass is 9.95. The van der Waals surface area contributed by atoms with E-state index < -0.39 is 23.8 Å². The number of para-hydroxylation sites is 1. The van der Waals surface area contributed by atoms with Gasteiger partial charge in [-0.1, -0.05) is 24.3 Å². The summed E-state index contributed by atoms with van der Waals surface area (Å²) >= 11 is 0. The van der Waals surface area contributed by atoms with Gasteiger partial charge in [-0.15, -0.1) is 0 Å². The van der Waals surface area contributed by atoms with Crippen LogP contribution in [0.3, 0.4) is 0 Å². The Balaban J connectivity index is 0.746. The second-order valence-electron chi connectivity index (χ2n) is 15.9. The number of imide groups is 2. The van der Waals surface area contributed by atoms with Gasteiger partial charge in [-0.3, -0.25) is 34.3 Å². The molecule has 2 aromatic heterocycles. The van der Waals surface area contributed by atoms with Crippen molar-refractivity contribution in [2.24, 2.45) is 0 Å². The lowest BCUT2D eigenvalue weighted by Gasteiger charge is -2.50.